The maximum absolute atomic E-state index is 10.00. The number of rotatable bonds is 3. The van der Waals surface area contributed by atoms with Crippen LogP contribution in [0.4, 0.5) is 0 Å². The Balaban J connectivity index is 2.59. The molecule has 0 aliphatic heterocycles. The Hall–Kier alpha value is -1.61. The number of hydrogen-bond donors (Lipinski definition) is 1. The van der Waals surface area contributed by atoms with Crippen molar-refractivity contribution >= 4 is 10.9 Å². The van der Waals surface area contributed by atoms with Crippen molar-refractivity contribution in [1.82, 2.24) is 9.88 Å². The minimum Gasteiger partial charge on any atom is -0.505 e. The second-order valence-corrected chi connectivity index (χ2v) is 4.43. The molecule has 0 aliphatic carbocycles. The molecular formula is C14H18N2O. The number of phenolic OH excluding ortho intramolecular Hbond substituents is 1. The molecule has 2 rings (SSSR count). The average Bonchev–Trinajstić information content (AvgIpc) is 2.35. The monoisotopic (exact) mass is 230 g/mol. The molecule has 1 N–H and O–H groups in total. The summed E-state index contributed by atoms with van der Waals surface area (Å²) in [7, 11) is 2.09. The fraction of sp³-hybridized carbons (Fsp3) is 0.357. The van der Waals surface area contributed by atoms with Gasteiger partial charge in [0, 0.05) is 18.1 Å². The average molecular weight is 230 g/mol. The number of aromatic nitrogens is 1. The van der Waals surface area contributed by atoms with Crippen LogP contribution in [0.3, 0.4) is 0 Å². The van der Waals surface area contributed by atoms with E-state index in [1.807, 2.05) is 25.1 Å². The Morgan fingerprint density at radius 1 is 1.41 bits per heavy atom. The van der Waals surface area contributed by atoms with Crippen molar-refractivity contribution in [3.05, 3.63) is 35.5 Å². The van der Waals surface area contributed by atoms with Crippen LogP contribution >= 0.6 is 0 Å². The molecule has 1 aromatic carbocycles. The maximum Gasteiger partial charge on any atom is 0.144 e. The summed E-state index contributed by atoms with van der Waals surface area (Å²) in [4.78, 5) is 6.50. The fourth-order valence-electron chi connectivity index (χ4n) is 1.98. The first-order valence-corrected chi connectivity index (χ1v) is 5.88. The summed E-state index contributed by atoms with van der Waals surface area (Å²) in [6, 6.07) is 5.97. The third-order valence-electron chi connectivity index (χ3n) is 3.12. The molecule has 90 valence electrons. The molecule has 0 unspecified atom stereocenters. The molecule has 0 bridgehead atoms. The van der Waals surface area contributed by atoms with Gasteiger partial charge < -0.3 is 10.0 Å². The van der Waals surface area contributed by atoms with Crippen molar-refractivity contribution in [3.63, 3.8) is 0 Å². The lowest BCUT2D eigenvalue weighted by Crippen LogP contribution is -2.17. The minimum atomic E-state index is 0.295. The van der Waals surface area contributed by atoms with Crippen LogP contribution < -0.4 is 0 Å². The molecule has 0 amide bonds. The number of benzene rings is 1. The van der Waals surface area contributed by atoms with Gasteiger partial charge in [0.15, 0.2) is 0 Å². The molecule has 0 atom stereocenters. The Morgan fingerprint density at radius 2 is 2.18 bits per heavy atom. The molecule has 0 fully saturated rings. The second-order valence-electron chi connectivity index (χ2n) is 4.43. The van der Waals surface area contributed by atoms with Gasteiger partial charge in [-0.1, -0.05) is 19.1 Å². The van der Waals surface area contributed by atoms with E-state index < -0.39 is 0 Å². The fourth-order valence-corrected chi connectivity index (χ4v) is 1.98. The minimum absolute atomic E-state index is 0.295. The first-order valence-electron chi connectivity index (χ1n) is 5.88. The predicted octanol–water partition coefficient (Wildman–Crippen LogP) is 2.70. The summed E-state index contributed by atoms with van der Waals surface area (Å²) in [5.74, 6) is 0.295. The number of aryl methyl sites for hydroxylation is 1. The molecule has 1 heterocycles. The topological polar surface area (TPSA) is 36.4 Å². The van der Waals surface area contributed by atoms with E-state index in [4.69, 9.17) is 0 Å². The second kappa shape index (κ2) is 4.72. The molecule has 2 aromatic rings. The standard InChI is InChI=1S/C14H18N2O/c1-4-16(3)9-11-8-10(2)14(17)13-12(11)6-5-7-15-13/h5-8,17H,4,9H2,1-3H3. The van der Waals surface area contributed by atoms with Gasteiger partial charge in [-0.2, -0.15) is 0 Å². The number of pyridine rings is 1. The van der Waals surface area contributed by atoms with Crippen LogP contribution in [-0.2, 0) is 6.54 Å². The molecule has 0 radical (unpaired) electrons. The van der Waals surface area contributed by atoms with Gasteiger partial charge >= 0.3 is 0 Å². The largest absolute Gasteiger partial charge is 0.505 e. The molecule has 0 saturated carbocycles. The van der Waals surface area contributed by atoms with Crippen LogP contribution in [0.2, 0.25) is 0 Å². The van der Waals surface area contributed by atoms with Crippen LogP contribution in [0.1, 0.15) is 18.1 Å². The van der Waals surface area contributed by atoms with E-state index in [1.165, 1.54) is 5.56 Å². The van der Waals surface area contributed by atoms with E-state index in [9.17, 15) is 5.11 Å². The lowest BCUT2D eigenvalue weighted by Gasteiger charge is -2.16. The third-order valence-corrected chi connectivity index (χ3v) is 3.12. The number of hydrogen-bond acceptors (Lipinski definition) is 3. The van der Waals surface area contributed by atoms with Crippen LogP contribution in [0.15, 0.2) is 24.4 Å². The van der Waals surface area contributed by atoms with Gasteiger partial charge in [0.2, 0.25) is 0 Å². The van der Waals surface area contributed by atoms with Gasteiger partial charge in [-0.3, -0.25) is 4.98 Å². The Labute approximate surface area is 102 Å². The first kappa shape index (κ1) is 11.9. The van der Waals surface area contributed by atoms with Crippen molar-refractivity contribution in [2.75, 3.05) is 13.6 Å². The van der Waals surface area contributed by atoms with Crippen LogP contribution in [0.5, 0.6) is 5.75 Å². The number of phenols is 1. The van der Waals surface area contributed by atoms with E-state index in [1.54, 1.807) is 6.20 Å². The molecule has 17 heavy (non-hydrogen) atoms. The van der Waals surface area contributed by atoms with Gasteiger partial charge in [-0.15, -0.1) is 0 Å². The van der Waals surface area contributed by atoms with E-state index in [-0.39, 0.29) is 0 Å². The third kappa shape index (κ3) is 2.24. The number of fused-ring (bicyclic) bond motifs is 1. The van der Waals surface area contributed by atoms with Gasteiger partial charge in [0.05, 0.1) is 0 Å². The Kier molecular flexibility index (Phi) is 3.29. The summed E-state index contributed by atoms with van der Waals surface area (Å²) >= 11 is 0. The molecule has 0 spiro atoms. The van der Waals surface area contributed by atoms with Gasteiger partial charge in [0.1, 0.15) is 11.3 Å². The van der Waals surface area contributed by atoms with Crippen LogP contribution in [0.25, 0.3) is 10.9 Å². The molecule has 0 saturated heterocycles. The molecule has 3 nitrogen and oxygen atoms in total. The summed E-state index contributed by atoms with van der Waals surface area (Å²) < 4.78 is 0. The number of aromatic hydroxyl groups is 1. The van der Waals surface area contributed by atoms with Crippen molar-refractivity contribution in [2.24, 2.45) is 0 Å². The SMILES string of the molecule is CCN(C)Cc1cc(C)c(O)c2ncccc12. The highest BCUT2D eigenvalue weighted by Gasteiger charge is 2.10. The predicted molar refractivity (Wildman–Crippen MR) is 70.2 cm³/mol. The van der Waals surface area contributed by atoms with Crippen LogP contribution in [0, 0.1) is 6.92 Å². The highest BCUT2D eigenvalue weighted by molar-refractivity contribution is 5.88. The first-order chi connectivity index (χ1) is 8.13. The van der Waals surface area contributed by atoms with E-state index in [2.05, 4.69) is 23.9 Å². The smallest absolute Gasteiger partial charge is 0.144 e. The van der Waals surface area contributed by atoms with Crippen molar-refractivity contribution in [3.8, 4) is 5.75 Å². The zero-order valence-electron chi connectivity index (χ0n) is 10.6. The van der Waals surface area contributed by atoms with Gasteiger partial charge in [-0.25, -0.2) is 0 Å². The van der Waals surface area contributed by atoms with Gasteiger partial charge in [-0.05, 0) is 37.7 Å². The summed E-state index contributed by atoms with van der Waals surface area (Å²) in [5.41, 5.74) is 2.80. The molecular weight excluding hydrogens is 212 g/mol. The Morgan fingerprint density at radius 3 is 2.88 bits per heavy atom. The van der Waals surface area contributed by atoms with Gasteiger partial charge in [0.25, 0.3) is 0 Å². The van der Waals surface area contributed by atoms with Crippen molar-refractivity contribution < 1.29 is 5.11 Å². The zero-order chi connectivity index (χ0) is 12.4. The highest BCUT2D eigenvalue weighted by atomic mass is 16.3. The molecule has 0 aliphatic rings. The summed E-state index contributed by atoms with van der Waals surface area (Å²) in [6.45, 7) is 5.92. The number of nitrogens with zero attached hydrogens (tertiary/aromatic N) is 2. The lowest BCUT2D eigenvalue weighted by molar-refractivity contribution is 0.347. The highest BCUT2D eigenvalue weighted by Crippen LogP contribution is 2.29. The van der Waals surface area contributed by atoms with E-state index >= 15 is 0 Å². The van der Waals surface area contributed by atoms with Crippen molar-refractivity contribution in [1.29, 1.82) is 0 Å². The summed E-state index contributed by atoms with van der Waals surface area (Å²) in [6.07, 6.45) is 1.72. The van der Waals surface area contributed by atoms with E-state index in [0.717, 1.165) is 24.0 Å². The van der Waals surface area contributed by atoms with E-state index in [0.29, 0.717) is 11.3 Å². The van der Waals surface area contributed by atoms with Crippen LogP contribution in [-0.4, -0.2) is 28.6 Å². The maximum atomic E-state index is 10.00. The van der Waals surface area contributed by atoms with Crippen molar-refractivity contribution in [2.45, 2.75) is 20.4 Å². The summed E-state index contributed by atoms with van der Waals surface area (Å²) in [5, 5.41) is 11.0. The Bertz CT molecular complexity index is 537. The lowest BCUT2D eigenvalue weighted by atomic mass is 10.0. The molecule has 3 heteroatoms. The zero-order valence-corrected chi connectivity index (χ0v) is 10.6. The quantitative estimate of drug-likeness (QED) is 0.880. The normalized spacial score (nSPS) is 11.3. The molecule has 1 aromatic heterocycles.